The molecule has 0 saturated carbocycles. The standard InChI is InChI=1S/C26H32O4/c1-5-13-23(28-19-21-16-11-8-12-17-21)25-24(29-26(3,4)30-25)22(6-2)27-18-20-14-9-7-10-15-20/h5-12,14-17,22-25H,1-2,13,18-19H2,3-4H3/t22-,23-,24+,25-/m1/s1. The Morgan fingerprint density at radius 2 is 1.40 bits per heavy atom. The maximum absolute atomic E-state index is 6.28. The first kappa shape index (κ1) is 22.4. The Kier molecular flexibility index (Phi) is 8.00. The van der Waals surface area contributed by atoms with E-state index in [1.165, 1.54) is 0 Å². The quantitative estimate of drug-likeness (QED) is 0.464. The molecule has 1 saturated heterocycles. The largest absolute Gasteiger partial charge is 0.370 e. The molecule has 1 fully saturated rings. The fourth-order valence-electron chi connectivity index (χ4n) is 3.66. The predicted octanol–water partition coefficient (Wildman–Crippen LogP) is 5.44. The maximum Gasteiger partial charge on any atom is 0.164 e. The van der Waals surface area contributed by atoms with Gasteiger partial charge in [-0.15, -0.1) is 13.2 Å². The molecule has 1 aliphatic heterocycles. The van der Waals surface area contributed by atoms with Crippen molar-refractivity contribution >= 4 is 0 Å². The van der Waals surface area contributed by atoms with Crippen molar-refractivity contribution in [3.63, 3.8) is 0 Å². The Hall–Kier alpha value is -2.24. The number of rotatable bonds is 11. The molecule has 2 aromatic rings. The highest BCUT2D eigenvalue weighted by atomic mass is 16.8. The van der Waals surface area contributed by atoms with Crippen LogP contribution in [0.4, 0.5) is 0 Å². The minimum atomic E-state index is -0.734. The van der Waals surface area contributed by atoms with Crippen LogP contribution >= 0.6 is 0 Å². The van der Waals surface area contributed by atoms with E-state index >= 15 is 0 Å². The molecule has 2 aromatic carbocycles. The molecule has 30 heavy (non-hydrogen) atoms. The summed E-state index contributed by atoms with van der Waals surface area (Å²) < 4.78 is 25.0. The highest BCUT2D eigenvalue weighted by Crippen LogP contribution is 2.35. The molecule has 4 atom stereocenters. The van der Waals surface area contributed by atoms with Gasteiger partial charge in [0.25, 0.3) is 0 Å². The predicted molar refractivity (Wildman–Crippen MR) is 119 cm³/mol. The second-order valence-electron chi connectivity index (χ2n) is 7.92. The van der Waals surface area contributed by atoms with Gasteiger partial charge in [0.2, 0.25) is 0 Å². The molecule has 0 amide bonds. The summed E-state index contributed by atoms with van der Waals surface area (Å²) in [4.78, 5) is 0. The Morgan fingerprint density at radius 3 is 1.93 bits per heavy atom. The summed E-state index contributed by atoms with van der Waals surface area (Å²) in [6, 6.07) is 20.2. The minimum absolute atomic E-state index is 0.211. The molecule has 1 aliphatic rings. The number of hydrogen-bond donors (Lipinski definition) is 0. The maximum atomic E-state index is 6.28. The summed E-state index contributed by atoms with van der Waals surface area (Å²) >= 11 is 0. The molecular weight excluding hydrogens is 376 g/mol. The monoisotopic (exact) mass is 408 g/mol. The zero-order valence-electron chi connectivity index (χ0n) is 17.9. The molecule has 0 radical (unpaired) electrons. The third-order valence-electron chi connectivity index (χ3n) is 5.08. The van der Waals surface area contributed by atoms with Crippen LogP contribution in [-0.2, 0) is 32.2 Å². The van der Waals surface area contributed by atoms with Crippen LogP contribution in [-0.4, -0.2) is 30.2 Å². The average Bonchev–Trinajstić information content (AvgIpc) is 3.08. The van der Waals surface area contributed by atoms with Crippen LogP contribution in [0.15, 0.2) is 86.0 Å². The molecule has 0 aliphatic carbocycles. The third-order valence-corrected chi connectivity index (χ3v) is 5.08. The second kappa shape index (κ2) is 10.7. The second-order valence-corrected chi connectivity index (χ2v) is 7.92. The van der Waals surface area contributed by atoms with Gasteiger partial charge >= 0.3 is 0 Å². The number of hydrogen-bond acceptors (Lipinski definition) is 4. The molecule has 4 nitrogen and oxygen atoms in total. The first-order chi connectivity index (χ1) is 14.5. The lowest BCUT2D eigenvalue weighted by atomic mass is 10.00. The zero-order chi connectivity index (χ0) is 21.4. The number of benzene rings is 2. The Labute approximate surface area is 180 Å². The lowest BCUT2D eigenvalue weighted by molar-refractivity contribution is -0.164. The van der Waals surface area contributed by atoms with E-state index in [9.17, 15) is 0 Å². The lowest BCUT2D eigenvalue weighted by Crippen LogP contribution is -2.43. The van der Waals surface area contributed by atoms with Crippen molar-refractivity contribution in [3.8, 4) is 0 Å². The van der Waals surface area contributed by atoms with E-state index in [-0.39, 0.29) is 24.4 Å². The van der Waals surface area contributed by atoms with Crippen LogP contribution in [0, 0.1) is 0 Å². The molecule has 0 aromatic heterocycles. The van der Waals surface area contributed by atoms with Crippen LogP contribution in [0.5, 0.6) is 0 Å². The average molecular weight is 409 g/mol. The van der Waals surface area contributed by atoms with E-state index in [1.54, 1.807) is 6.08 Å². The molecule has 0 bridgehead atoms. The summed E-state index contributed by atoms with van der Waals surface area (Å²) in [5, 5.41) is 0. The molecule has 4 heteroatoms. The van der Waals surface area contributed by atoms with Crippen LogP contribution in [0.3, 0.4) is 0 Å². The van der Waals surface area contributed by atoms with Gasteiger partial charge in [0.15, 0.2) is 5.79 Å². The van der Waals surface area contributed by atoms with Gasteiger partial charge in [-0.25, -0.2) is 0 Å². The van der Waals surface area contributed by atoms with Crippen molar-refractivity contribution < 1.29 is 18.9 Å². The topological polar surface area (TPSA) is 36.9 Å². The van der Waals surface area contributed by atoms with E-state index in [0.717, 1.165) is 11.1 Å². The van der Waals surface area contributed by atoms with E-state index < -0.39 is 5.79 Å². The molecular formula is C26H32O4. The fourth-order valence-corrected chi connectivity index (χ4v) is 3.66. The first-order valence-electron chi connectivity index (χ1n) is 10.4. The van der Waals surface area contributed by atoms with E-state index in [0.29, 0.717) is 19.6 Å². The van der Waals surface area contributed by atoms with Crippen molar-refractivity contribution in [3.05, 3.63) is 97.1 Å². The van der Waals surface area contributed by atoms with Gasteiger partial charge in [-0.05, 0) is 31.4 Å². The van der Waals surface area contributed by atoms with Crippen LogP contribution in [0.1, 0.15) is 31.4 Å². The molecule has 160 valence electrons. The Bertz CT molecular complexity index is 787. The van der Waals surface area contributed by atoms with Crippen LogP contribution in [0.25, 0.3) is 0 Å². The minimum Gasteiger partial charge on any atom is -0.370 e. The highest BCUT2D eigenvalue weighted by Gasteiger charge is 2.48. The van der Waals surface area contributed by atoms with Crippen LogP contribution < -0.4 is 0 Å². The van der Waals surface area contributed by atoms with Gasteiger partial charge in [0.1, 0.15) is 18.3 Å². The van der Waals surface area contributed by atoms with Crippen molar-refractivity contribution in [2.24, 2.45) is 0 Å². The van der Waals surface area contributed by atoms with E-state index in [1.807, 2.05) is 80.6 Å². The van der Waals surface area contributed by atoms with Gasteiger partial charge in [-0.1, -0.05) is 72.8 Å². The molecule has 0 N–H and O–H groups in total. The SMILES string of the molecule is C=CC[C@@H](OCc1ccccc1)[C@H]1OC(C)(C)O[C@H]1[C@@H](C=C)OCc1ccccc1. The summed E-state index contributed by atoms with van der Waals surface area (Å²) in [5.41, 5.74) is 2.21. The van der Waals surface area contributed by atoms with Gasteiger partial charge in [-0.2, -0.15) is 0 Å². The van der Waals surface area contributed by atoms with Crippen molar-refractivity contribution in [2.45, 2.75) is 63.7 Å². The van der Waals surface area contributed by atoms with Gasteiger partial charge in [0.05, 0.1) is 19.3 Å². The molecule has 1 heterocycles. The summed E-state index contributed by atoms with van der Waals surface area (Å²) in [7, 11) is 0. The fraction of sp³-hybridized carbons (Fsp3) is 0.385. The van der Waals surface area contributed by atoms with Gasteiger partial charge in [0, 0.05) is 0 Å². The van der Waals surface area contributed by atoms with Gasteiger partial charge in [-0.3, -0.25) is 0 Å². The summed E-state index contributed by atoms with van der Waals surface area (Å²) in [6.07, 6.45) is 3.11. The third kappa shape index (κ3) is 6.13. The van der Waals surface area contributed by atoms with E-state index in [2.05, 4.69) is 13.2 Å². The normalized spacial score (nSPS) is 22.3. The molecule has 0 spiro atoms. The number of ether oxygens (including phenoxy) is 4. The van der Waals surface area contributed by atoms with Crippen molar-refractivity contribution in [2.75, 3.05) is 0 Å². The highest BCUT2D eigenvalue weighted by molar-refractivity contribution is 5.14. The lowest BCUT2D eigenvalue weighted by Gasteiger charge is -2.29. The van der Waals surface area contributed by atoms with Crippen LogP contribution in [0.2, 0.25) is 0 Å². The summed E-state index contributed by atoms with van der Waals surface area (Å²) in [5.74, 6) is -0.734. The molecule has 3 rings (SSSR count). The Balaban J connectivity index is 1.72. The summed E-state index contributed by atoms with van der Waals surface area (Å²) in [6.45, 7) is 12.7. The first-order valence-corrected chi connectivity index (χ1v) is 10.4. The zero-order valence-corrected chi connectivity index (χ0v) is 17.9. The smallest absolute Gasteiger partial charge is 0.164 e. The molecule has 0 unspecified atom stereocenters. The van der Waals surface area contributed by atoms with E-state index in [4.69, 9.17) is 18.9 Å². The van der Waals surface area contributed by atoms with Crippen molar-refractivity contribution in [1.29, 1.82) is 0 Å². The Morgan fingerprint density at radius 1 is 0.867 bits per heavy atom. The van der Waals surface area contributed by atoms with Gasteiger partial charge < -0.3 is 18.9 Å². The van der Waals surface area contributed by atoms with Crippen molar-refractivity contribution in [1.82, 2.24) is 0 Å².